The van der Waals surface area contributed by atoms with Gasteiger partial charge >= 0.3 is 31.3 Å². The molecule has 0 amide bonds. The molecule has 168 valence electrons. The smallest absolute Gasteiger partial charge is 0.387 e. The van der Waals surface area contributed by atoms with E-state index in [-0.39, 0.29) is 0 Å². The van der Waals surface area contributed by atoms with Gasteiger partial charge in [-0.2, -0.15) is 8.62 Å². The molecule has 28 heavy (non-hydrogen) atoms. The van der Waals surface area contributed by atoms with Crippen molar-refractivity contribution in [3.63, 3.8) is 0 Å². The van der Waals surface area contributed by atoms with Crippen LogP contribution in [-0.4, -0.2) is 86.4 Å². The first kappa shape index (κ1) is 26.4. The highest BCUT2D eigenvalue weighted by molar-refractivity contribution is 7.61. The van der Waals surface area contributed by atoms with Crippen molar-refractivity contribution in [1.82, 2.24) is 0 Å². The monoisotopic (exact) mass is 500 g/mol. The second kappa shape index (κ2) is 8.85. The predicted octanol–water partition coefficient (Wildman–Crippen LogP) is -3.37. The third-order valence-electron chi connectivity index (χ3n) is 2.98. The average Bonchev–Trinajstić information content (AvgIpc) is 2.41. The summed E-state index contributed by atoms with van der Waals surface area (Å²) in [5.41, 5.74) is 0. The summed E-state index contributed by atoms with van der Waals surface area (Å²) in [6, 6.07) is 0. The fourth-order valence-corrected chi connectivity index (χ4v) is 5.60. The lowest BCUT2D eigenvalue weighted by Gasteiger charge is -2.43. The summed E-state index contributed by atoms with van der Waals surface area (Å²) in [7, 11) is -23.0. The molecule has 0 radical (unpaired) electrons. The lowest BCUT2D eigenvalue weighted by Crippen LogP contribution is -2.64. The minimum Gasteiger partial charge on any atom is -0.387 e. The summed E-state index contributed by atoms with van der Waals surface area (Å²) < 4.78 is 59.7. The summed E-state index contributed by atoms with van der Waals surface area (Å²) >= 11 is 0. The van der Waals surface area contributed by atoms with Crippen LogP contribution in [0.4, 0.5) is 0 Å². The van der Waals surface area contributed by atoms with Crippen LogP contribution in [0.1, 0.15) is 0 Å². The second-order valence-corrected chi connectivity index (χ2v) is 10.7. The summed E-state index contributed by atoms with van der Waals surface area (Å²) in [4.78, 5) is 52.7. The van der Waals surface area contributed by atoms with Crippen molar-refractivity contribution in [3.8, 4) is 0 Å². The number of phosphoric acid groups is 4. The minimum absolute atomic E-state index is 2.35. The molecule has 1 aliphatic rings. The van der Waals surface area contributed by atoms with Crippen LogP contribution < -0.4 is 0 Å². The van der Waals surface area contributed by atoms with E-state index in [1.807, 2.05) is 0 Å². The molecule has 22 heteroatoms. The van der Waals surface area contributed by atoms with Gasteiger partial charge in [-0.05, 0) is 0 Å². The van der Waals surface area contributed by atoms with Gasteiger partial charge in [0.05, 0.1) is 0 Å². The number of aliphatic hydroxyl groups is 4. The number of hydrogen-bond acceptors (Lipinski definition) is 12. The molecule has 0 aromatic heterocycles. The van der Waals surface area contributed by atoms with Gasteiger partial charge in [-0.15, -0.1) is 0 Å². The zero-order valence-corrected chi connectivity index (χ0v) is 16.6. The normalized spacial score (nSPS) is 36.5. The van der Waals surface area contributed by atoms with Gasteiger partial charge in [0.1, 0.15) is 36.6 Å². The molecule has 0 spiro atoms. The van der Waals surface area contributed by atoms with E-state index in [1.165, 1.54) is 0 Å². The molecule has 1 fully saturated rings. The average molecular weight is 500 g/mol. The molecule has 0 aromatic rings. The Hall–Kier alpha value is 0.360. The molecule has 18 nitrogen and oxygen atoms in total. The predicted molar refractivity (Wildman–Crippen MR) is 79.7 cm³/mol. The molecule has 1 rings (SSSR count). The van der Waals surface area contributed by atoms with Crippen molar-refractivity contribution >= 4 is 31.3 Å². The molecule has 0 saturated heterocycles. The van der Waals surface area contributed by atoms with Crippen LogP contribution in [0.2, 0.25) is 0 Å². The van der Waals surface area contributed by atoms with Crippen molar-refractivity contribution in [2.24, 2.45) is 0 Å². The largest absolute Gasteiger partial charge is 0.481 e. The first-order valence-corrected chi connectivity index (χ1v) is 12.6. The lowest BCUT2D eigenvalue weighted by atomic mass is 9.85. The summed E-state index contributed by atoms with van der Waals surface area (Å²) in [5, 5.41) is 38.8. The van der Waals surface area contributed by atoms with Gasteiger partial charge < -0.3 is 49.8 Å². The summed E-state index contributed by atoms with van der Waals surface area (Å²) in [6.07, 6.45) is -15.0. The van der Waals surface area contributed by atoms with Crippen LogP contribution >= 0.6 is 31.3 Å². The third kappa shape index (κ3) is 7.89. The fraction of sp³-hybridized carbons (Fsp3) is 1.00. The Labute approximate surface area is 154 Å². The van der Waals surface area contributed by atoms with Crippen LogP contribution in [-0.2, 0) is 35.9 Å². The summed E-state index contributed by atoms with van der Waals surface area (Å²) in [6.45, 7) is 0. The molecule has 0 aromatic carbocycles. The van der Waals surface area contributed by atoms with Gasteiger partial charge in [-0.3, -0.25) is 9.05 Å². The highest BCUT2D eigenvalue weighted by atomic mass is 31.3. The van der Waals surface area contributed by atoms with E-state index >= 15 is 0 Å². The van der Waals surface area contributed by atoms with Gasteiger partial charge in [-0.25, -0.2) is 18.3 Å². The molecule has 8 atom stereocenters. The van der Waals surface area contributed by atoms with E-state index in [1.54, 1.807) is 0 Å². The molecular weight excluding hydrogens is 484 g/mol. The molecule has 1 saturated carbocycles. The first-order valence-electron chi connectivity index (χ1n) is 6.53. The van der Waals surface area contributed by atoms with Crippen molar-refractivity contribution in [1.29, 1.82) is 0 Å². The number of phosphoric ester groups is 2. The molecule has 0 bridgehead atoms. The van der Waals surface area contributed by atoms with E-state index < -0.39 is 67.9 Å². The zero-order chi connectivity index (χ0) is 22.3. The lowest BCUT2D eigenvalue weighted by molar-refractivity contribution is -0.215. The van der Waals surface area contributed by atoms with Gasteiger partial charge in [0.25, 0.3) is 0 Å². The SMILES string of the molecule is O=P(O)(O)OP(=O)(O)OC1C(O)C(O)C(O)C(O)C1OP(=O)(O)OP(=O)(O)O. The zero-order valence-electron chi connectivity index (χ0n) is 13.0. The molecule has 0 heterocycles. The van der Waals surface area contributed by atoms with Crippen molar-refractivity contribution < 1.29 is 85.7 Å². The number of hydrogen-bond donors (Lipinski definition) is 10. The highest BCUT2D eigenvalue weighted by Gasteiger charge is 2.55. The quantitative estimate of drug-likeness (QED) is 0.145. The Balaban J connectivity index is 3.23. The van der Waals surface area contributed by atoms with Crippen molar-refractivity contribution in [3.05, 3.63) is 0 Å². The molecular formula is C6H16O18P4. The van der Waals surface area contributed by atoms with Crippen LogP contribution in [0.3, 0.4) is 0 Å². The maximum atomic E-state index is 11.6. The standard InChI is InChI=1S/C6H16O18P4/c7-1-2(8)4(10)6(22-28(19,20)24-26(14,15)16)5(3(1)9)21-27(17,18)23-25(11,12)13/h1-10H,(H,17,18)(H,19,20)(H2,11,12,13)(H2,14,15,16). The first-order chi connectivity index (χ1) is 12.2. The Kier molecular flexibility index (Phi) is 8.34. The number of rotatable bonds is 8. The van der Waals surface area contributed by atoms with Crippen LogP contribution in [0.25, 0.3) is 0 Å². The topological polar surface area (TPSA) is 308 Å². The van der Waals surface area contributed by atoms with E-state index in [0.29, 0.717) is 0 Å². The van der Waals surface area contributed by atoms with Gasteiger partial charge in [0.15, 0.2) is 0 Å². The summed E-state index contributed by atoms with van der Waals surface area (Å²) in [5.74, 6) is 0. The van der Waals surface area contributed by atoms with E-state index in [4.69, 9.17) is 19.6 Å². The second-order valence-electron chi connectivity index (χ2n) is 5.18. The number of aliphatic hydroxyl groups excluding tert-OH is 4. The minimum atomic E-state index is -5.81. The highest BCUT2D eigenvalue weighted by Crippen LogP contribution is 2.61. The maximum Gasteiger partial charge on any atom is 0.481 e. The van der Waals surface area contributed by atoms with Crippen LogP contribution in [0, 0.1) is 0 Å². The Morgan fingerprint density at radius 1 is 0.500 bits per heavy atom. The molecule has 1 aliphatic carbocycles. The van der Waals surface area contributed by atoms with E-state index in [9.17, 15) is 48.5 Å². The van der Waals surface area contributed by atoms with Crippen molar-refractivity contribution in [2.75, 3.05) is 0 Å². The van der Waals surface area contributed by atoms with Crippen LogP contribution in [0.15, 0.2) is 0 Å². The van der Waals surface area contributed by atoms with Gasteiger partial charge in [0.2, 0.25) is 0 Å². The van der Waals surface area contributed by atoms with E-state index in [0.717, 1.165) is 0 Å². The van der Waals surface area contributed by atoms with Gasteiger partial charge in [-0.1, -0.05) is 0 Å². The third-order valence-corrected chi connectivity index (χ3v) is 7.35. The molecule has 0 aliphatic heterocycles. The Morgan fingerprint density at radius 2 is 0.750 bits per heavy atom. The Morgan fingerprint density at radius 3 is 0.964 bits per heavy atom. The van der Waals surface area contributed by atoms with Crippen molar-refractivity contribution in [2.45, 2.75) is 36.6 Å². The maximum absolute atomic E-state index is 11.6. The fourth-order valence-electron chi connectivity index (χ4n) is 2.04. The van der Waals surface area contributed by atoms with Crippen LogP contribution in [0.5, 0.6) is 0 Å². The van der Waals surface area contributed by atoms with Gasteiger partial charge in [0, 0.05) is 0 Å². The molecule has 8 unspecified atom stereocenters. The van der Waals surface area contributed by atoms with E-state index in [2.05, 4.69) is 17.7 Å². The molecule has 10 N–H and O–H groups in total. The Bertz CT molecular complexity index is 676.